The van der Waals surface area contributed by atoms with Gasteiger partial charge in [-0.3, -0.25) is 9.80 Å². The van der Waals surface area contributed by atoms with E-state index in [2.05, 4.69) is 9.80 Å². The number of halogens is 1. The normalized spacial score (nSPS) is 17.7. The first-order valence-electron chi connectivity index (χ1n) is 10.2. The topological polar surface area (TPSA) is 54.4 Å². The molecule has 2 aromatic rings. The second-order valence-corrected chi connectivity index (χ2v) is 7.53. The van der Waals surface area contributed by atoms with E-state index in [9.17, 15) is 9.50 Å². The highest BCUT2D eigenvalue weighted by atomic mass is 19.1. The van der Waals surface area contributed by atoms with Crippen molar-refractivity contribution in [2.75, 3.05) is 47.6 Å². The summed E-state index contributed by atoms with van der Waals surface area (Å²) < 4.78 is 29.5. The van der Waals surface area contributed by atoms with Crippen molar-refractivity contribution in [3.63, 3.8) is 0 Å². The highest BCUT2D eigenvalue weighted by molar-refractivity contribution is 5.53. The summed E-state index contributed by atoms with van der Waals surface area (Å²) >= 11 is 0. The molecule has 1 heterocycles. The number of hydrogen-bond acceptors (Lipinski definition) is 6. The molecule has 0 aromatic heterocycles. The number of benzene rings is 2. The van der Waals surface area contributed by atoms with Crippen LogP contribution in [0.15, 0.2) is 36.4 Å². The molecule has 7 heteroatoms. The van der Waals surface area contributed by atoms with Gasteiger partial charge < -0.3 is 19.3 Å². The van der Waals surface area contributed by atoms with Gasteiger partial charge in [-0.1, -0.05) is 12.1 Å². The molecule has 1 saturated heterocycles. The number of hydrogen-bond donors (Lipinski definition) is 1. The predicted octanol–water partition coefficient (Wildman–Crippen LogP) is 2.92. The summed E-state index contributed by atoms with van der Waals surface area (Å²) in [5.41, 5.74) is 2.16. The molecule has 1 aliphatic heterocycles. The summed E-state index contributed by atoms with van der Waals surface area (Å²) in [6.07, 6.45) is 0.701. The molecule has 0 aliphatic carbocycles. The van der Waals surface area contributed by atoms with Gasteiger partial charge in [0.1, 0.15) is 5.82 Å². The van der Waals surface area contributed by atoms with Gasteiger partial charge in [0.25, 0.3) is 0 Å². The molecule has 164 valence electrons. The Labute approximate surface area is 177 Å². The zero-order valence-electron chi connectivity index (χ0n) is 17.9. The van der Waals surface area contributed by atoms with Crippen molar-refractivity contribution < 1.29 is 23.7 Å². The smallest absolute Gasteiger partial charge is 0.203 e. The van der Waals surface area contributed by atoms with Gasteiger partial charge in [0.15, 0.2) is 11.5 Å². The van der Waals surface area contributed by atoms with E-state index in [1.165, 1.54) is 12.1 Å². The van der Waals surface area contributed by atoms with Crippen LogP contribution in [0, 0.1) is 5.82 Å². The van der Waals surface area contributed by atoms with E-state index in [4.69, 9.17) is 14.2 Å². The second kappa shape index (κ2) is 10.6. The van der Waals surface area contributed by atoms with E-state index in [-0.39, 0.29) is 18.5 Å². The van der Waals surface area contributed by atoms with Gasteiger partial charge in [0, 0.05) is 45.4 Å². The maximum absolute atomic E-state index is 13.2. The lowest BCUT2D eigenvalue weighted by atomic mass is 10.1. The van der Waals surface area contributed by atoms with Crippen molar-refractivity contribution in [2.24, 2.45) is 0 Å². The van der Waals surface area contributed by atoms with Crippen LogP contribution < -0.4 is 14.2 Å². The summed E-state index contributed by atoms with van der Waals surface area (Å²) in [7, 11) is 4.83. The van der Waals surface area contributed by atoms with Crippen molar-refractivity contribution in [1.82, 2.24) is 9.80 Å². The van der Waals surface area contributed by atoms with Crippen LogP contribution in [-0.2, 0) is 13.1 Å². The number of nitrogens with zero attached hydrogens (tertiary/aromatic N) is 2. The zero-order valence-corrected chi connectivity index (χ0v) is 17.9. The van der Waals surface area contributed by atoms with Gasteiger partial charge in [-0.15, -0.1) is 0 Å². The van der Waals surface area contributed by atoms with Crippen LogP contribution in [0.5, 0.6) is 17.2 Å². The van der Waals surface area contributed by atoms with Crippen LogP contribution in [-0.4, -0.2) is 68.5 Å². The van der Waals surface area contributed by atoms with Crippen molar-refractivity contribution in [3.8, 4) is 17.2 Å². The van der Waals surface area contributed by atoms with E-state index >= 15 is 0 Å². The van der Waals surface area contributed by atoms with E-state index in [1.807, 2.05) is 24.3 Å². The minimum atomic E-state index is -0.221. The molecule has 0 bridgehead atoms. The largest absolute Gasteiger partial charge is 0.493 e. The minimum Gasteiger partial charge on any atom is -0.493 e. The molecule has 0 unspecified atom stereocenters. The van der Waals surface area contributed by atoms with Crippen LogP contribution in [0.4, 0.5) is 4.39 Å². The first-order valence-corrected chi connectivity index (χ1v) is 10.2. The van der Waals surface area contributed by atoms with Crippen LogP contribution in [0.1, 0.15) is 17.5 Å². The average Bonchev–Trinajstić information content (AvgIpc) is 2.76. The summed E-state index contributed by atoms with van der Waals surface area (Å²) in [5, 5.41) is 9.57. The Morgan fingerprint density at radius 1 is 0.933 bits per heavy atom. The molecule has 0 spiro atoms. The van der Waals surface area contributed by atoms with Crippen LogP contribution in [0.3, 0.4) is 0 Å². The Balaban J connectivity index is 1.69. The van der Waals surface area contributed by atoms with Crippen molar-refractivity contribution in [3.05, 3.63) is 53.3 Å². The molecular formula is C23H31FN2O4. The van der Waals surface area contributed by atoms with Crippen LogP contribution in [0.2, 0.25) is 0 Å². The lowest BCUT2D eigenvalue weighted by Gasteiger charge is -2.41. The SMILES string of the molecule is COc1cc(CN2CCN(Cc3ccc(F)cc3)[C@@H](CCO)C2)cc(OC)c1OC. The van der Waals surface area contributed by atoms with Gasteiger partial charge in [-0.25, -0.2) is 4.39 Å². The molecule has 1 N–H and O–H groups in total. The molecule has 2 aromatic carbocycles. The molecule has 0 saturated carbocycles. The van der Waals surface area contributed by atoms with Crippen molar-refractivity contribution in [1.29, 1.82) is 0 Å². The van der Waals surface area contributed by atoms with Crippen molar-refractivity contribution in [2.45, 2.75) is 25.6 Å². The maximum atomic E-state index is 13.2. The van der Waals surface area contributed by atoms with Gasteiger partial charge in [0.05, 0.1) is 21.3 Å². The van der Waals surface area contributed by atoms with Crippen molar-refractivity contribution >= 4 is 0 Å². The highest BCUT2D eigenvalue weighted by Gasteiger charge is 2.27. The summed E-state index contributed by atoms with van der Waals surface area (Å²) in [6.45, 7) is 4.28. The van der Waals surface area contributed by atoms with Gasteiger partial charge in [-0.2, -0.15) is 0 Å². The van der Waals surface area contributed by atoms with Gasteiger partial charge in [-0.05, 0) is 41.8 Å². The Morgan fingerprint density at radius 3 is 2.17 bits per heavy atom. The molecule has 1 fully saturated rings. The summed E-state index contributed by atoms with van der Waals surface area (Å²) in [5.74, 6) is 1.66. The first-order chi connectivity index (χ1) is 14.6. The second-order valence-electron chi connectivity index (χ2n) is 7.53. The highest BCUT2D eigenvalue weighted by Crippen LogP contribution is 2.38. The third-order valence-corrected chi connectivity index (χ3v) is 5.58. The van der Waals surface area contributed by atoms with E-state index in [0.29, 0.717) is 23.7 Å². The van der Waals surface area contributed by atoms with Crippen LogP contribution in [0.25, 0.3) is 0 Å². The number of ether oxygens (including phenoxy) is 3. The molecule has 6 nitrogen and oxygen atoms in total. The number of piperazine rings is 1. The standard InChI is InChI=1S/C23H31FN2O4/c1-28-21-12-18(13-22(29-2)23(21)30-3)14-25-9-10-26(20(16-25)8-11-27)15-17-4-6-19(24)7-5-17/h4-7,12-13,20,27H,8-11,14-16H2,1-3H3/t20-/m0/s1. The minimum absolute atomic E-state index is 0.141. The van der Waals surface area contributed by atoms with E-state index in [1.54, 1.807) is 21.3 Å². The number of aliphatic hydroxyl groups excluding tert-OH is 1. The molecule has 1 atom stereocenters. The average molecular weight is 419 g/mol. The van der Waals surface area contributed by atoms with Crippen LogP contribution >= 0.6 is 0 Å². The van der Waals surface area contributed by atoms with Gasteiger partial charge >= 0.3 is 0 Å². The van der Waals surface area contributed by atoms with Gasteiger partial charge in [0.2, 0.25) is 5.75 Å². The Hall–Kier alpha value is -2.35. The molecule has 0 radical (unpaired) electrons. The van der Waals surface area contributed by atoms with E-state index in [0.717, 1.165) is 43.9 Å². The number of rotatable bonds is 9. The number of methoxy groups -OCH3 is 3. The molecular weight excluding hydrogens is 387 g/mol. The monoisotopic (exact) mass is 418 g/mol. The maximum Gasteiger partial charge on any atom is 0.203 e. The quantitative estimate of drug-likeness (QED) is 0.676. The fourth-order valence-electron chi connectivity index (χ4n) is 4.04. The molecule has 0 amide bonds. The fourth-order valence-corrected chi connectivity index (χ4v) is 4.04. The molecule has 3 rings (SSSR count). The molecule has 1 aliphatic rings. The number of aliphatic hydroxyl groups is 1. The fraction of sp³-hybridized carbons (Fsp3) is 0.478. The Morgan fingerprint density at radius 2 is 1.60 bits per heavy atom. The Kier molecular flexibility index (Phi) is 7.90. The third-order valence-electron chi connectivity index (χ3n) is 5.58. The third kappa shape index (κ3) is 5.41. The predicted molar refractivity (Wildman–Crippen MR) is 114 cm³/mol. The Bertz CT molecular complexity index is 790. The lowest BCUT2D eigenvalue weighted by Crippen LogP contribution is -2.52. The zero-order chi connectivity index (χ0) is 21.5. The summed E-state index contributed by atoms with van der Waals surface area (Å²) in [6, 6.07) is 10.8. The summed E-state index contributed by atoms with van der Waals surface area (Å²) in [4.78, 5) is 4.75. The van der Waals surface area contributed by atoms with E-state index < -0.39 is 0 Å². The first kappa shape index (κ1) is 22.3. The lowest BCUT2D eigenvalue weighted by molar-refractivity contribution is 0.0499. The molecule has 30 heavy (non-hydrogen) atoms.